The lowest BCUT2D eigenvalue weighted by Crippen LogP contribution is -2.47. The highest BCUT2D eigenvalue weighted by Crippen LogP contribution is 2.31. The molecule has 0 aliphatic carbocycles. The maximum absolute atomic E-state index is 13.5. The van der Waals surface area contributed by atoms with Crippen molar-refractivity contribution in [3.05, 3.63) is 69.3 Å². The van der Waals surface area contributed by atoms with Gasteiger partial charge in [-0.3, -0.25) is 14.2 Å². The van der Waals surface area contributed by atoms with E-state index < -0.39 is 5.97 Å². The number of carboxylic acid groups (broad SMARTS) is 1. The molecule has 0 spiro atoms. The van der Waals surface area contributed by atoms with E-state index in [0.29, 0.717) is 29.7 Å². The van der Waals surface area contributed by atoms with E-state index in [1.807, 2.05) is 30.9 Å². The minimum absolute atomic E-state index is 0.0688. The van der Waals surface area contributed by atoms with E-state index in [0.717, 1.165) is 49.2 Å². The second kappa shape index (κ2) is 10.6. The lowest BCUT2D eigenvalue weighted by Gasteiger charge is -2.34. The molecule has 0 unspecified atom stereocenters. The summed E-state index contributed by atoms with van der Waals surface area (Å²) >= 11 is 0. The zero-order valence-electron chi connectivity index (χ0n) is 22.2. The number of benzene rings is 2. The van der Waals surface area contributed by atoms with Gasteiger partial charge in [0.25, 0.3) is 5.56 Å². The minimum Gasteiger partial charge on any atom is -0.478 e. The molecule has 200 valence electrons. The van der Waals surface area contributed by atoms with Crippen LogP contribution in [0.15, 0.2) is 41.2 Å². The first-order valence-electron chi connectivity index (χ1n) is 13.4. The van der Waals surface area contributed by atoms with Gasteiger partial charge in [-0.05, 0) is 69.8 Å². The van der Waals surface area contributed by atoms with E-state index in [2.05, 4.69) is 10.6 Å². The first-order chi connectivity index (χ1) is 18.2. The smallest absolute Gasteiger partial charge is 0.337 e. The Hall–Kier alpha value is -3.72. The summed E-state index contributed by atoms with van der Waals surface area (Å²) < 4.78 is 1.66. The van der Waals surface area contributed by atoms with Gasteiger partial charge >= 0.3 is 5.97 Å². The topological polar surface area (TPSA) is 117 Å². The van der Waals surface area contributed by atoms with Crippen LogP contribution in [0.25, 0.3) is 10.9 Å². The number of likely N-dealkylation sites (tertiary alicyclic amines) is 1. The maximum atomic E-state index is 13.5. The molecule has 5 rings (SSSR count). The number of fused-ring (bicyclic) bond motifs is 1. The molecule has 2 aliphatic rings. The minimum atomic E-state index is -1.00. The fraction of sp³-hybridized carbons (Fsp3) is 0.448. The number of piperidine rings is 1. The van der Waals surface area contributed by atoms with Crippen molar-refractivity contribution in [2.45, 2.75) is 57.5 Å². The highest BCUT2D eigenvalue weighted by Gasteiger charge is 2.32. The van der Waals surface area contributed by atoms with Crippen LogP contribution in [0.3, 0.4) is 0 Å². The fourth-order valence-electron chi connectivity index (χ4n) is 5.84. The monoisotopic (exact) mass is 517 g/mol. The average Bonchev–Trinajstić information content (AvgIpc) is 3.45. The van der Waals surface area contributed by atoms with Crippen molar-refractivity contribution in [2.24, 2.45) is 7.05 Å². The van der Waals surface area contributed by atoms with Crippen molar-refractivity contribution in [1.29, 1.82) is 0 Å². The zero-order valence-corrected chi connectivity index (χ0v) is 22.2. The van der Waals surface area contributed by atoms with Crippen LogP contribution in [0, 0.1) is 6.92 Å². The number of carboxylic acids is 1. The second-order valence-electron chi connectivity index (χ2n) is 10.5. The Morgan fingerprint density at radius 3 is 2.58 bits per heavy atom. The van der Waals surface area contributed by atoms with E-state index in [4.69, 9.17) is 4.98 Å². The highest BCUT2D eigenvalue weighted by atomic mass is 16.4. The van der Waals surface area contributed by atoms with Gasteiger partial charge in [-0.1, -0.05) is 18.2 Å². The number of rotatable bonds is 6. The molecule has 2 aromatic carbocycles. The normalized spacial score (nSPS) is 19.0. The number of nitrogens with zero attached hydrogens (tertiary/aromatic N) is 3. The number of carbonyl (C=O) groups is 2. The molecule has 9 heteroatoms. The predicted molar refractivity (Wildman–Crippen MR) is 147 cm³/mol. The fourth-order valence-corrected chi connectivity index (χ4v) is 5.84. The van der Waals surface area contributed by atoms with E-state index in [1.165, 1.54) is 0 Å². The Labute approximate surface area is 221 Å². The van der Waals surface area contributed by atoms with Gasteiger partial charge in [-0.15, -0.1) is 0 Å². The van der Waals surface area contributed by atoms with E-state index in [-0.39, 0.29) is 35.0 Å². The maximum Gasteiger partial charge on any atom is 0.337 e. The quantitative estimate of drug-likeness (QED) is 0.458. The third-order valence-electron chi connectivity index (χ3n) is 7.91. The van der Waals surface area contributed by atoms with E-state index >= 15 is 0 Å². The van der Waals surface area contributed by atoms with Crippen LogP contribution < -0.4 is 16.2 Å². The average molecular weight is 518 g/mol. The van der Waals surface area contributed by atoms with Gasteiger partial charge < -0.3 is 20.6 Å². The van der Waals surface area contributed by atoms with Gasteiger partial charge in [-0.25, -0.2) is 9.78 Å². The molecule has 2 atom stereocenters. The molecule has 0 saturated carbocycles. The van der Waals surface area contributed by atoms with Crippen LogP contribution >= 0.6 is 0 Å². The van der Waals surface area contributed by atoms with Crippen molar-refractivity contribution in [3.8, 4) is 0 Å². The van der Waals surface area contributed by atoms with Crippen molar-refractivity contribution in [2.75, 3.05) is 25.0 Å². The van der Waals surface area contributed by atoms with Gasteiger partial charge in [0.2, 0.25) is 5.91 Å². The molecular weight excluding hydrogens is 482 g/mol. The number of carbonyl (C=O) groups excluding carboxylic acids is 1. The van der Waals surface area contributed by atoms with Crippen molar-refractivity contribution >= 4 is 28.5 Å². The van der Waals surface area contributed by atoms with Gasteiger partial charge in [0, 0.05) is 37.3 Å². The molecule has 1 aromatic heterocycles. The van der Waals surface area contributed by atoms with Crippen LogP contribution in [0.4, 0.5) is 5.69 Å². The number of aryl methyl sites for hydroxylation is 1. The van der Waals surface area contributed by atoms with Crippen LogP contribution in [0.2, 0.25) is 0 Å². The van der Waals surface area contributed by atoms with Gasteiger partial charge in [-0.2, -0.15) is 0 Å². The third-order valence-corrected chi connectivity index (χ3v) is 7.91. The van der Waals surface area contributed by atoms with Crippen molar-refractivity contribution in [1.82, 2.24) is 19.8 Å². The molecule has 9 nitrogen and oxygen atoms in total. The summed E-state index contributed by atoms with van der Waals surface area (Å²) in [6.45, 7) is 6.10. The summed E-state index contributed by atoms with van der Waals surface area (Å²) in [5.74, 6) is -0.0162. The SMILES string of the molecule is Cc1cc([C@@H](C)Nc2ccccc2C(=O)O)c2nc(C3CCN(C(=O)[C@@H]4CCCN4)CC3)n(C)c(=O)c2c1. The van der Waals surface area contributed by atoms with Gasteiger partial charge in [0.05, 0.1) is 28.6 Å². The standard InChI is InChI=1S/C29H35N5O4/c1-17-15-21(18(2)31-23-8-5-4-7-20(23)29(37)38)25-22(16-17)27(35)33(3)26(32-25)19-10-13-34(14-11-19)28(36)24-9-6-12-30-24/h4-5,7-8,15-16,18-19,24,30-31H,6,9-14H2,1-3H3,(H,37,38)/t18-,24+/m1/s1. The number of aromatic carboxylic acids is 1. The first-order valence-corrected chi connectivity index (χ1v) is 13.4. The zero-order chi connectivity index (χ0) is 27.0. The molecule has 3 N–H and O–H groups in total. The number of anilines is 1. The van der Waals surface area contributed by atoms with Gasteiger partial charge in [0.1, 0.15) is 5.82 Å². The molecule has 3 aromatic rings. The summed E-state index contributed by atoms with van der Waals surface area (Å²) in [7, 11) is 1.77. The van der Waals surface area contributed by atoms with E-state index in [1.54, 1.807) is 35.9 Å². The highest BCUT2D eigenvalue weighted by molar-refractivity contribution is 5.94. The van der Waals surface area contributed by atoms with Gasteiger partial charge in [0.15, 0.2) is 0 Å². The summed E-state index contributed by atoms with van der Waals surface area (Å²) in [6.07, 6.45) is 3.44. The summed E-state index contributed by atoms with van der Waals surface area (Å²) in [5.41, 5.74) is 3.03. The molecule has 0 radical (unpaired) electrons. The molecule has 0 bridgehead atoms. The number of hydrogen-bond acceptors (Lipinski definition) is 6. The van der Waals surface area contributed by atoms with Crippen LogP contribution in [0.1, 0.15) is 71.9 Å². The van der Waals surface area contributed by atoms with Crippen LogP contribution in [0.5, 0.6) is 0 Å². The second-order valence-corrected chi connectivity index (χ2v) is 10.5. The molecule has 38 heavy (non-hydrogen) atoms. The summed E-state index contributed by atoms with van der Waals surface area (Å²) in [5, 5.41) is 16.8. The Morgan fingerprint density at radius 2 is 1.89 bits per heavy atom. The largest absolute Gasteiger partial charge is 0.478 e. The van der Waals surface area contributed by atoms with E-state index in [9.17, 15) is 19.5 Å². The molecule has 1 amide bonds. The third kappa shape index (κ3) is 4.90. The number of hydrogen-bond donors (Lipinski definition) is 3. The Balaban J connectivity index is 1.46. The molecule has 2 fully saturated rings. The summed E-state index contributed by atoms with van der Waals surface area (Å²) in [6, 6.07) is 10.3. The van der Waals surface area contributed by atoms with Crippen molar-refractivity contribution in [3.63, 3.8) is 0 Å². The number of nitrogens with one attached hydrogen (secondary N) is 2. The Bertz CT molecular complexity index is 1430. The summed E-state index contributed by atoms with van der Waals surface area (Å²) in [4.78, 5) is 45.1. The van der Waals surface area contributed by atoms with Crippen LogP contribution in [-0.2, 0) is 11.8 Å². The number of amides is 1. The Kier molecular flexibility index (Phi) is 7.21. The van der Waals surface area contributed by atoms with Crippen LogP contribution in [-0.4, -0.2) is 57.1 Å². The predicted octanol–water partition coefficient (Wildman–Crippen LogP) is 3.57. The lowest BCUT2D eigenvalue weighted by atomic mass is 9.94. The lowest BCUT2D eigenvalue weighted by molar-refractivity contribution is -0.134. The molecular formula is C29H35N5O4. The van der Waals surface area contributed by atoms with Crippen molar-refractivity contribution < 1.29 is 14.7 Å². The number of aromatic nitrogens is 2. The molecule has 2 aliphatic heterocycles. The Morgan fingerprint density at radius 1 is 1.16 bits per heavy atom. The first kappa shape index (κ1) is 25.9. The molecule has 2 saturated heterocycles. The molecule has 3 heterocycles. The number of para-hydroxylation sites is 1.